The van der Waals surface area contributed by atoms with Gasteiger partial charge < -0.3 is 10.6 Å². The molecule has 2 aliphatic heterocycles. The molecule has 0 aromatic heterocycles. The molecule has 0 saturated carbocycles. The first kappa shape index (κ1) is 17.5. The van der Waals surface area contributed by atoms with Gasteiger partial charge in [-0.25, -0.2) is 0 Å². The van der Waals surface area contributed by atoms with Crippen molar-refractivity contribution in [1.29, 1.82) is 0 Å². The zero-order valence-electron chi connectivity index (χ0n) is 17.0. The van der Waals surface area contributed by atoms with Gasteiger partial charge in [0.05, 0.1) is 18.2 Å². The Labute approximate surface area is 177 Å². The predicted molar refractivity (Wildman–Crippen MR) is 125 cm³/mol. The van der Waals surface area contributed by atoms with Crippen LogP contribution >= 0.6 is 0 Å². The molecule has 1 fully saturated rings. The van der Waals surface area contributed by atoms with Crippen molar-refractivity contribution in [3.63, 3.8) is 0 Å². The molecule has 0 spiro atoms. The van der Waals surface area contributed by atoms with Gasteiger partial charge in [0.25, 0.3) is 0 Å². The fourth-order valence-electron chi connectivity index (χ4n) is 4.87. The minimum Gasteiger partial charge on any atom is -0.378 e. The Morgan fingerprint density at radius 1 is 0.900 bits per heavy atom. The van der Waals surface area contributed by atoms with Gasteiger partial charge in [0.15, 0.2) is 0 Å². The van der Waals surface area contributed by atoms with E-state index in [-0.39, 0.29) is 11.5 Å². The van der Waals surface area contributed by atoms with Gasteiger partial charge in [-0.2, -0.15) is 0 Å². The fraction of sp³-hybridized carbons (Fsp3) is 0.185. The summed E-state index contributed by atoms with van der Waals surface area (Å²) >= 11 is 0. The van der Waals surface area contributed by atoms with Crippen molar-refractivity contribution in [2.45, 2.75) is 30.6 Å². The summed E-state index contributed by atoms with van der Waals surface area (Å²) in [6, 6.07) is 26.6. The van der Waals surface area contributed by atoms with E-state index >= 15 is 0 Å². The lowest BCUT2D eigenvalue weighted by Gasteiger charge is -2.37. The summed E-state index contributed by atoms with van der Waals surface area (Å²) in [5.74, 6) is 0. The van der Waals surface area contributed by atoms with Crippen LogP contribution in [0, 0.1) is 0 Å². The molecule has 0 amide bonds. The molecule has 3 heteroatoms. The number of rotatable bonds is 4. The van der Waals surface area contributed by atoms with E-state index in [1.807, 2.05) is 0 Å². The Bertz CT molecular complexity index is 1150. The predicted octanol–water partition coefficient (Wildman–Crippen LogP) is 5.61. The van der Waals surface area contributed by atoms with Crippen LogP contribution in [0.25, 0.3) is 11.1 Å². The topological polar surface area (TPSA) is 46.0 Å². The third-order valence-electron chi connectivity index (χ3n) is 6.69. The molecule has 1 aliphatic carbocycles. The highest BCUT2D eigenvalue weighted by molar-refractivity contribution is 5.87. The summed E-state index contributed by atoms with van der Waals surface area (Å²) < 4.78 is 0. The molecule has 2 heterocycles. The number of hydrogen-bond donors (Lipinski definition) is 3. The zero-order chi connectivity index (χ0) is 20.1. The van der Waals surface area contributed by atoms with Gasteiger partial charge in [-0.1, -0.05) is 85.0 Å². The Kier molecular flexibility index (Phi) is 3.87. The maximum atomic E-state index is 3.86. The first-order chi connectivity index (χ1) is 14.7. The molecule has 3 N–H and O–H groups in total. The largest absolute Gasteiger partial charge is 0.378 e. The van der Waals surface area contributed by atoms with Crippen LogP contribution < -0.4 is 16.0 Å². The first-order valence-electron chi connectivity index (χ1n) is 10.7. The number of fused-ring (bicyclic) bond motifs is 3. The molecular formula is C27H25N3. The van der Waals surface area contributed by atoms with Crippen LogP contribution in [-0.2, 0) is 5.41 Å². The van der Waals surface area contributed by atoms with Crippen molar-refractivity contribution in [2.24, 2.45) is 0 Å². The lowest BCUT2D eigenvalue weighted by Crippen LogP contribution is -2.40. The Morgan fingerprint density at radius 3 is 2.47 bits per heavy atom. The van der Waals surface area contributed by atoms with Crippen LogP contribution in [-0.4, -0.2) is 12.2 Å². The average Bonchev–Trinajstić information content (AvgIpc) is 3.48. The Balaban J connectivity index is 1.41. The molecule has 1 saturated heterocycles. The molecule has 0 bridgehead atoms. The smallest absolute Gasteiger partial charge is 0.0975 e. The van der Waals surface area contributed by atoms with Crippen molar-refractivity contribution >= 4 is 11.4 Å². The zero-order valence-corrected chi connectivity index (χ0v) is 17.0. The van der Waals surface area contributed by atoms with Crippen LogP contribution in [0.1, 0.15) is 24.1 Å². The minimum absolute atomic E-state index is 0.111. The van der Waals surface area contributed by atoms with E-state index in [0.29, 0.717) is 12.2 Å². The number of hydrogen-bond acceptors (Lipinski definition) is 3. The van der Waals surface area contributed by atoms with E-state index in [4.69, 9.17) is 0 Å². The summed E-state index contributed by atoms with van der Waals surface area (Å²) in [6.07, 6.45) is 9.27. The molecule has 3 nitrogen and oxygen atoms in total. The third-order valence-corrected chi connectivity index (χ3v) is 6.69. The number of nitrogens with one attached hydrogen (secondary N) is 3. The molecule has 3 unspecified atom stereocenters. The second kappa shape index (κ2) is 6.61. The van der Waals surface area contributed by atoms with E-state index in [1.54, 1.807) is 0 Å². The Hall–Kier alpha value is -3.30. The molecule has 4 atom stereocenters. The third kappa shape index (κ3) is 2.78. The summed E-state index contributed by atoms with van der Waals surface area (Å²) in [5, 5.41) is 11.0. The van der Waals surface area contributed by atoms with Crippen LogP contribution in [0.15, 0.2) is 97.1 Å². The van der Waals surface area contributed by atoms with Crippen molar-refractivity contribution in [3.8, 4) is 11.1 Å². The highest BCUT2D eigenvalue weighted by Gasteiger charge is 2.46. The van der Waals surface area contributed by atoms with Crippen LogP contribution in [0.3, 0.4) is 0 Å². The molecule has 3 aromatic rings. The molecule has 148 valence electrons. The SMILES string of the molecule is CC1(c2ccccc2)C=CC=CC1Nc1cc(-c2ccccc2)c2c(c1)C1N[C@H]1N2. The second-order valence-corrected chi connectivity index (χ2v) is 8.64. The molecule has 30 heavy (non-hydrogen) atoms. The highest BCUT2D eigenvalue weighted by atomic mass is 15.3. The lowest BCUT2D eigenvalue weighted by molar-refractivity contribution is 0.546. The molecular weight excluding hydrogens is 366 g/mol. The van der Waals surface area contributed by atoms with Gasteiger partial charge in [-0.05, 0) is 35.7 Å². The molecule has 0 radical (unpaired) electrons. The van der Waals surface area contributed by atoms with Crippen LogP contribution in [0.2, 0.25) is 0 Å². The average molecular weight is 392 g/mol. The number of allylic oxidation sites excluding steroid dienone is 2. The second-order valence-electron chi connectivity index (χ2n) is 8.64. The highest BCUT2D eigenvalue weighted by Crippen LogP contribution is 2.48. The number of anilines is 2. The summed E-state index contributed by atoms with van der Waals surface area (Å²) in [4.78, 5) is 0. The van der Waals surface area contributed by atoms with Crippen molar-refractivity contribution in [3.05, 3.63) is 108 Å². The summed E-state index contributed by atoms with van der Waals surface area (Å²) in [7, 11) is 0. The molecule has 3 aliphatic rings. The first-order valence-corrected chi connectivity index (χ1v) is 10.7. The molecule has 3 aromatic carbocycles. The van der Waals surface area contributed by atoms with E-state index < -0.39 is 0 Å². The summed E-state index contributed by atoms with van der Waals surface area (Å²) in [5.41, 5.74) is 7.51. The van der Waals surface area contributed by atoms with Crippen molar-refractivity contribution < 1.29 is 0 Å². The van der Waals surface area contributed by atoms with Crippen LogP contribution in [0.5, 0.6) is 0 Å². The van der Waals surface area contributed by atoms with Gasteiger partial charge >= 0.3 is 0 Å². The van der Waals surface area contributed by atoms with Gasteiger partial charge in [0, 0.05) is 22.4 Å². The lowest BCUT2D eigenvalue weighted by atomic mass is 9.73. The van der Waals surface area contributed by atoms with Gasteiger partial charge in [-0.3, -0.25) is 5.32 Å². The maximum Gasteiger partial charge on any atom is 0.0975 e. The van der Waals surface area contributed by atoms with Crippen molar-refractivity contribution in [2.75, 3.05) is 10.6 Å². The molecule has 6 rings (SSSR count). The van der Waals surface area contributed by atoms with Crippen LogP contribution in [0.4, 0.5) is 11.4 Å². The van der Waals surface area contributed by atoms with E-state index in [2.05, 4.69) is 120 Å². The van der Waals surface area contributed by atoms with Gasteiger partial charge in [0.2, 0.25) is 0 Å². The van der Waals surface area contributed by atoms with Crippen molar-refractivity contribution in [1.82, 2.24) is 5.32 Å². The van der Waals surface area contributed by atoms with E-state index in [9.17, 15) is 0 Å². The quantitative estimate of drug-likeness (QED) is 0.506. The fourth-order valence-corrected chi connectivity index (χ4v) is 4.87. The minimum atomic E-state index is -0.111. The summed E-state index contributed by atoms with van der Waals surface area (Å²) in [6.45, 7) is 2.31. The van der Waals surface area contributed by atoms with E-state index in [1.165, 1.54) is 27.9 Å². The standard InChI is InChI=1S/C27H25N3/c1-27(19-12-6-3-7-13-19)15-9-8-14-23(27)28-20-16-21(18-10-4-2-5-11-18)24-22(17-20)25-26(29-24)30-25/h2-17,23,25-26,28-30H,1H3/t23?,25?,26-,27?/m1/s1. The van der Waals surface area contributed by atoms with Gasteiger partial charge in [-0.15, -0.1) is 0 Å². The maximum absolute atomic E-state index is 3.86. The normalized spacial score (nSPS) is 27.8. The van der Waals surface area contributed by atoms with Gasteiger partial charge in [0.1, 0.15) is 0 Å². The van der Waals surface area contributed by atoms with E-state index in [0.717, 1.165) is 5.69 Å². The monoisotopic (exact) mass is 391 g/mol. The number of benzene rings is 3. The Morgan fingerprint density at radius 2 is 1.67 bits per heavy atom.